The summed E-state index contributed by atoms with van der Waals surface area (Å²) in [5.41, 5.74) is 0.338. The summed E-state index contributed by atoms with van der Waals surface area (Å²) in [4.78, 5) is 36.3. The van der Waals surface area contributed by atoms with Crippen molar-refractivity contribution in [3.8, 4) is 0 Å². The van der Waals surface area contributed by atoms with Crippen LogP contribution >= 0.6 is 0 Å². The topological polar surface area (TPSA) is 109 Å². The highest BCUT2D eigenvalue weighted by Gasteiger charge is 2.36. The zero-order chi connectivity index (χ0) is 24.4. The molecule has 0 bridgehead atoms. The Labute approximate surface area is 194 Å². The number of nitrogens with one attached hydrogen (secondary N) is 1. The van der Waals surface area contributed by atoms with Crippen molar-refractivity contribution in [2.24, 2.45) is 5.92 Å². The summed E-state index contributed by atoms with van der Waals surface area (Å²) in [7, 11) is 1.26. The number of cyclic esters (lactones) is 1. The van der Waals surface area contributed by atoms with Crippen LogP contribution in [0.5, 0.6) is 0 Å². The standard InChI is InChI=1S/C24H33NO8/c1-16-21(31-12-11-20(26)29-5)18(13-17-9-7-6-8-10-17)14-30-15-19(22(27)32-16)25-23(28)33-24(2,3)4/h6-12,16,18-19,21H,13-15H2,1-5H3,(H,25,28)/t16-,18-,19-,21-/m0/s1. The molecule has 1 heterocycles. The van der Waals surface area contributed by atoms with Crippen molar-refractivity contribution in [3.63, 3.8) is 0 Å². The van der Waals surface area contributed by atoms with E-state index < -0.39 is 41.9 Å². The summed E-state index contributed by atoms with van der Waals surface area (Å²) in [5.74, 6) is -1.45. The lowest BCUT2D eigenvalue weighted by atomic mass is 9.91. The minimum Gasteiger partial charge on any atom is -0.494 e. The molecule has 0 unspecified atom stereocenters. The van der Waals surface area contributed by atoms with Crippen LogP contribution in [0.1, 0.15) is 33.3 Å². The van der Waals surface area contributed by atoms with Gasteiger partial charge >= 0.3 is 18.0 Å². The Kier molecular flexibility index (Phi) is 9.72. The number of hydrogen-bond acceptors (Lipinski definition) is 8. The molecule has 182 valence electrons. The van der Waals surface area contributed by atoms with Gasteiger partial charge in [-0.05, 0) is 39.7 Å². The number of benzene rings is 1. The second-order valence-corrected chi connectivity index (χ2v) is 8.75. The Bertz CT molecular complexity index is 818. The van der Waals surface area contributed by atoms with Crippen LogP contribution in [0.4, 0.5) is 4.79 Å². The Hall–Kier alpha value is -3.07. The predicted octanol–water partition coefficient (Wildman–Crippen LogP) is 2.77. The zero-order valence-corrected chi connectivity index (χ0v) is 19.7. The van der Waals surface area contributed by atoms with Crippen LogP contribution in [0.15, 0.2) is 42.7 Å². The molecule has 1 aliphatic rings. The minimum atomic E-state index is -1.04. The first-order valence-corrected chi connectivity index (χ1v) is 10.8. The third-order valence-electron chi connectivity index (χ3n) is 4.80. The van der Waals surface area contributed by atoms with Crippen molar-refractivity contribution in [2.45, 2.75) is 58.0 Å². The third kappa shape index (κ3) is 9.13. The van der Waals surface area contributed by atoms with Gasteiger partial charge in [0.2, 0.25) is 0 Å². The first kappa shape index (κ1) is 26.2. The highest BCUT2D eigenvalue weighted by atomic mass is 16.6. The summed E-state index contributed by atoms with van der Waals surface area (Å²) >= 11 is 0. The normalized spacial score (nSPS) is 24.1. The van der Waals surface area contributed by atoms with E-state index in [9.17, 15) is 14.4 Å². The number of rotatable bonds is 6. The molecule has 1 amide bonds. The molecule has 1 aromatic carbocycles. The summed E-state index contributed by atoms with van der Waals surface area (Å²) in [6.07, 6.45) is 0.911. The summed E-state index contributed by atoms with van der Waals surface area (Å²) in [6, 6.07) is 8.72. The molecule has 0 aliphatic carbocycles. The molecule has 0 aromatic heterocycles. The van der Waals surface area contributed by atoms with Gasteiger partial charge in [-0.2, -0.15) is 0 Å². The number of hydrogen-bond donors (Lipinski definition) is 1. The van der Waals surface area contributed by atoms with Crippen molar-refractivity contribution >= 4 is 18.0 Å². The second-order valence-electron chi connectivity index (χ2n) is 8.75. The predicted molar refractivity (Wildman–Crippen MR) is 119 cm³/mol. The number of methoxy groups -OCH3 is 1. The molecule has 2 rings (SSSR count). The van der Waals surface area contributed by atoms with Gasteiger partial charge < -0.3 is 29.0 Å². The fourth-order valence-corrected chi connectivity index (χ4v) is 3.33. The first-order chi connectivity index (χ1) is 15.6. The Morgan fingerprint density at radius 2 is 1.88 bits per heavy atom. The van der Waals surface area contributed by atoms with Gasteiger partial charge in [0.1, 0.15) is 17.8 Å². The van der Waals surface area contributed by atoms with E-state index in [1.807, 2.05) is 30.3 Å². The van der Waals surface area contributed by atoms with Crippen molar-refractivity contribution in [1.29, 1.82) is 0 Å². The van der Waals surface area contributed by atoms with Gasteiger partial charge in [0, 0.05) is 5.92 Å². The van der Waals surface area contributed by atoms with Crippen LogP contribution in [0, 0.1) is 5.92 Å². The van der Waals surface area contributed by atoms with Gasteiger partial charge in [0.15, 0.2) is 6.04 Å². The van der Waals surface area contributed by atoms with Crippen LogP contribution < -0.4 is 5.32 Å². The van der Waals surface area contributed by atoms with Crippen LogP contribution in [0.25, 0.3) is 0 Å². The molecule has 1 fully saturated rings. The molecular formula is C24H33NO8. The lowest BCUT2D eigenvalue weighted by Crippen LogP contribution is -2.47. The lowest BCUT2D eigenvalue weighted by Gasteiger charge is -2.30. The number of amides is 1. The van der Waals surface area contributed by atoms with E-state index in [0.29, 0.717) is 6.42 Å². The molecule has 1 aliphatic heterocycles. The summed E-state index contributed by atoms with van der Waals surface area (Å²) in [6.45, 7) is 7.03. The maximum absolute atomic E-state index is 12.8. The number of carbonyl (C=O) groups is 3. The largest absolute Gasteiger partial charge is 0.494 e. The molecule has 9 heteroatoms. The summed E-state index contributed by atoms with van der Waals surface area (Å²) in [5, 5.41) is 2.51. The van der Waals surface area contributed by atoms with E-state index >= 15 is 0 Å². The van der Waals surface area contributed by atoms with Crippen LogP contribution in [-0.4, -0.2) is 62.2 Å². The van der Waals surface area contributed by atoms with E-state index in [2.05, 4.69) is 10.1 Å². The summed E-state index contributed by atoms with van der Waals surface area (Å²) < 4.78 is 27.1. The number of carbonyl (C=O) groups excluding carboxylic acids is 3. The smallest absolute Gasteiger partial charge is 0.408 e. The third-order valence-corrected chi connectivity index (χ3v) is 4.80. The first-order valence-electron chi connectivity index (χ1n) is 10.8. The number of ether oxygens (including phenoxy) is 5. The molecule has 9 nitrogen and oxygen atoms in total. The molecule has 0 saturated carbocycles. The highest BCUT2D eigenvalue weighted by Crippen LogP contribution is 2.23. The van der Waals surface area contributed by atoms with Gasteiger partial charge in [-0.3, -0.25) is 0 Å². The Morgan fingerprint density at radius 3 is 2.52 bits per heavy atom. The Balaban J connectivity index is 2.19. The van der Waals surface area contributed by atoms with Gasteiger partial charge in [-0.1, -0.05) is 30.3 Å². The zero-order valence-electron chi connectivity index (χ0n) is 19.7. The number of esters is 2. The van der Waals surface area contributed by atoms with Crippen LogP contribution in [0.2, 0.25) is 0 Å². The fourth-order valence-electron chi connectivity index (χ4n) is 3.33. The molecular weight excluding hydrogens is 430 g/mol. The van der Waals surface area contributed by atoms with Gasteiger partial charge in [-0.15, -0.1) is 0 Å². The molecule has 33 heavy (non-hydrogen) atoms. The Morgan fingerprint density at radius 1 is 1.18 bits per heavy atom. The van der Waals surface area contributed by atoms with Crippen LogP contribution in [0.3, 0.4) is 0 Å². The van der Waals surface area contributed by atoms with Crippen molar-refractivity contribution in [2.75, 3.05) is 20.3 Å². The van der Waals surface area contributed by atoms with Crippen molar-refractivity contribution in [3.05, 3.63) is 48.2 Å². The van der Waals surface area contributed by atoms with Gasteiger partial charge in [-0.25, -0.2) is 14.4 Å². The van der Waals surface area contributed by atoms with Crippen LogP contribution in [-0.2, 0) is 39.7 Å². The average molecular weight is 464 g/mol. The number of alkyl carbamates (subject to hydrolysis) is 1. The highest BCUT2D eigenvalue weighted by molar-refractivity contribution is 5.82. The molecule has 0 radical (unpaired) electrons. The molecule has 4 atom stereocenters. The van der Waals surface area contributed by atoms with E-state index in [4.69, 9.17) is 18.9 Å². The average Bonchev–Trinajstić information content (AvgIpc) is 2.78. The fraction of sp³-hybridized carbons (Fsp3) is 0.542. The van der Waals surface area contributed by atoms with Gasteiger partial charge in [0.05, 0.1) is 32.7 Å². The van der Waals surface area contributed by atoms with Gasteiger partial charge in [0.25, 0.3) is 0 Å². The quantitative estimate of drug-likeness (QED) is 0.297. The van der Waals surface area contributed by atoms with E-state index in [1.54, 1.807) is 27.7 Å². The second kappa shape index (κ2) is 12.2. The van der Waals surface area contributed by atoms with E-state index in [0.717, 1.165) is 11.6 Å². The molecule has 1 aromatic rings. The SMILES string of the molecule is COC(=O)C=CO[C@@H]1[C@@H](Cc2ccccc2)COC[C@H](NC(=O)OC(C)(C)C)C(=O)O[C@H]1C. The lowest BCUT2D eigenvalue weighted by molar-refractivity contribution is -0.157. The maximum Gasteiger partial charge on any atom is 0.408 e. The molecule has 1 N–H and O–H groups in total. The van der Waals surface area contributed by atoms with E-state index in [-0.39, 0.29) is 19.1 Å². The van der Waals surface area contributed by atoms with Crippen molar-refractivity contribution < 1.29 is 38.1 Å². The van der Waals surface area contributed by atoms with Crippen molar-refractivity contribution in [1.82, 2.24) is 5.32 Å². The molecule has 1 saturated heterocycles. The minimum absolute atomic E-state index is 0.0825. The molecule has 0 spiro atoms. The van der Waals surface area contributed by atoms with E-state index in [1.165, 1.54) is 13.4 Å². The monoisotopic (exact) mass is 463 g/mol. The maximum atomic E-state index is 12.8.